The van der Waals surface area contributed by atoms with Crippen molar-refractivity contribution >= 4 is 26.3 Å². The van der Waals surface area contributed by atoms with Crippen LogP contribution in [0, 0.1) is 0 Å². The third-order valence-electron chi connectivity index (χ3n) is 0. The molecular formula is H3Li3O7P2S. The SMILES string of the molecule is O=P([O-])([O-])[O-].OP(O)(O)=S.[Li+].[Li+].[Li+]. The molecule has 0 rings (SSSR count). The van der Waals surface area contributed by atoms with Crippen LogP contribution in [0.4, 0.5) is 0 Å². The van der Waals surface area contributed by atoms with E-state index in [-0.39, 0.29) is 56.6 Å². The zero-order valence-electron chi connectivity index (χ0n) is 7.28. The van der Waals surface area contributed by atoms with Crippen LogP contribution in [-0.2, 0) is 16.4 Å². The quantitative estimate of drug-likeness (QED) is 0.274. The Hall–Kier alpha value is 2.43. The topological polar surface area (TPSA) is 147 Å². The summed E-state index contributed by atoms with van der Waals surface area (Å²) in [5, 5.41) is 0. The molecule has 0 aromatic heterocycles. The Labute approximate surface area is 116 Å². The fourth-order valence-electron chi connectivity index (χ4n) is 0. The van der Waals surface area contributed by atoms with Crippen LogP contribution < -0.4 is 71.3 Å². The first-order chi connectivity index (χ1) is 4.00. The Morgan fingerprint density at radius 2 is 0.923 bits per heavy atom. The van der Waals surface area contributed by atoms with Gasteiger partial charge in [-0.15, -0.1) is 0 Å². The molecular weight excluding hydrogens is 227 g/mol. The summed E-state index contributed by atoms with van der Waals surface area (Å²) < 4.78 is 8.55. The number of rotatable bonds is 0. The molecule has 0 heterocycles. The second-order valence-electron chi connectivity index (χ2n) is 0.960. The van der Waals surface area contributed by atoms with Crippen LogP contribution in [0.1, 0.15) is 0 Å². The minimum atomic E-state index is -5.39. The fourth-order valence-corrected chi connectivity index (χ4v) is 0. The summed E-state index contributed by atoms with van der Waals surface area (Å²) in [4.78, 5) is 48.3. The molecule has 0 fully saturated rings. The molecule has 0 spiro atoms. The molecule has 0 bridgehead atoms. The van der Waals surface area contributed by atoms with E-state index >= 15 is 0 Å². The Morgan fingerprint density at radius 3 is 0.923 bits per heavy atom. The van der Waals surface area contributed by atoms with Crippen LogP contribution in [0.3, 0.4) is 0 Å². The average Bonchev–Trinajstić information content (AvgIpc) is 1.12. The zero-order chi connectivity index (χ0) is 9.00. The number of hydrogen-bond donors (Lipinski definition) is 3. The second kappa shape index (κ2) is 12.5. The molecule has 0 aliphatic carbocycles. The summed E-state index contributed by atoms with van der Waals surface area (Å²) in [6, 6.07) is 0. The van der Waals surface area contributed by atoms with E-state index in [0.29, 0.717) is 0 Å². The van der Waals surface area contributed by atoms with Gasteiger partial charge >= 0.3 is 63.3 Å². The summed E-state index contributed by atoms with van der Waals surface area (Å²) in [6.45, 7) is -3.81. The molecule has 3 N–H and O–H groups in total. The maximum Gasteiger partial charge on any atom is 1.00 e. The molecule has 0 saturated heterocycles. The third-order valence-corrected chi connectivity index (χ3v) is 0. The van der Waals surface area contributed by atoms with Crippen molar-refractivity contribution in [2.75, 3.05) is 0 Å². The predicted octanol–water partition coefficient (Wildman–Crippen LogP) is -12.6. The molecule has 0 aliphatic rings. The Bertz CT molecular complexity index is 134. The van der Waals surface area contributed by atoms with Crippen LogP contribution >= 0.6 is 14.5 Å². The average molecular weight is 230 g/mol. The van der Waals surface area contributed by atoms with Crippen LogP contribution in [0.5, 0.6) is 0 Å². The Balaban J connectivity index is -0.0000000267. The van der Waals surface area contributed by atoms with Crippen molar-refractivity contribution in [2.45, 2.75) is 0 Å². The molecule has 13 heteroatoms. The van der Waals surface area contributed by atoms with Crippen molar-refractivity contribution in [1.29, 1.82) is 0 Å². The van der Waals surface area contributed by atoms with Gasteiger partial charge in [-0.25, -0.2) is 0 Å². The van der Waals surface area contributed by atoms with E-state index in [1.54, 1.807) is 0 Å². The zero-order valence-corrected chi connectivity index (χ0v) is 9.88. The molecule has 13 heavy (non-hydrogen) atoms. The minimum Gasteiger partial charge on any atom is -0.822 e. The van der Waals surface area contributed by atoms with Crippen LogP contribution in [0.15, 0.2) is 0 Å². The molecule has 0 atom stereocenters. The van der Waals surface area contributed by atoms with E-state index in [1.807, 2.05) is 0 Å². The van der Waals surface area contributed by atoms with E-state index in [0.717, 1.165) is 0 Å². The summed E-state index contributed by atoms with van der Waals surface area (Å²) in [5.41, 5.74) is 0. The van der Waals surface area contributed by atoms with Crippen LogP contribution in [-0.4, -0.2) is 14.7 Å². The van der Waals surface area contributed by atoms with Crippen LogP contribution in [0.25, 0.3) is 0 Å². The van der Waals surface area contributed by atoms with Gasteiger partial charge in [0.2, 0.25) is 0 Å². The van der Waals surface area contributed by atoms with Gasteiger partial charge in [0.15, 0.2) is 0 Å². The smallest absolute Gasteiger partial charge is 0.822 e. The molecule has 7 nitrogen and oxygen atoms in total. The Morgan fingerprint density at radius 1 is 0.923 bits per heavy atom. The molecule has 0 aliphatic heterocycles. The van der Waals surface area contributed by atoms with Gasteiger partial charge in [-0.05, 0) is 11.8 Å². The van der Waals surface area contributed by atoms with Crippen molar-refractivity contribution in [3.63, 3.8) is 0 Å². The van der Waals surface area contributed by atoms with Crippen molar-refractivity contribution in [3.8, 4) is 0 Å². The summed E-state index contributed by atoms with van der Waals surface area (Å²) in [7, 11) is -5.39. The molecule has 0 aromatic carbocycles. The van der Waals surface area contributed by atoms with Gasteiger partial charge in [-0.1, -0.05) is 0 Å². The number of hydrogen-bond acceptors (Lipinski definition) is 5. The summed E-state index contributed by atoms with van der Waals surface area (Å²) in [6.07, 6.45) is 0. The predicted molar refractivity (Wildman–Crippen MR) is 28.5 cm³/mol. The van der Waals surface area contributed by atoms with E-state index in [9.17, 15) is 0 Å². The van der Waals surface area contributed by atoms with Crippen molar-refractivity contribution in [1.82, 2.24) is 0 Å². The van der Waals surface area contributed by atoms with Gasteiger partial charge in [0.25, 0.3) is 0 Å². The standard InChI is InChI=1S/3Li.H3O4P.H3O3PS/c;;;1-5(2,3)4;1-4(2,3)5/h;;;(H3,1,2,3,4);(H3,1,2,3,5)/q3*+1;;/p-3. The minimum absolute atomic E-state index is 0. The normalized spacial score (nSPS) is 9.08. The Kier molecular flexibility index (Phi) is 28.4. The molecule has 0 radical (unpaired) electrons. The van der Waals surface area contributed by atoms with Gasteiger partial charge < -0.3 is 33.9 Å². The first-order valence-corrected chi connectivity index (χ1v) is 5.63. The van der Waals surface area contributed by atoms with E-state index in [4.69, 9.17) is 33.9 Å². The van der Waals surface area contributed by atoms with Crippen molar-refractivity contribution < 1.29 is 90.5 Å². The molecule has 0 saturated carbocycles. The first-order valence-electron chi connectivity index (χ1n) is 1.51. The van der Waals surface area contributed by atoms with Crippen LogP contribution in [0.2, 0.25) is 0 Å². The van der Waals surface area contributed by atoms with Gasteiger partial charge in [-0.3, -0.25) is 0 Å². The number of phosphoric acid groups is 1. The monoisotopic (exact) mass is 230 g/mol. The van der Waals surface area contributed by atoms with E-state index < -0.39 is 14.5 Å². The van der Waals surface area contributed by atoms with Crippen molar-refractivity contribution in [2.24, 2.45) is 0 Å². The summed E-state index contributed by atoms with van der Waals surface area (Å²) in [5.74, 6) is 0. The fraction of sp³-hybridized carbons (Fsp3) is 0. The molecule has 64 valence electrons. The largest absolute Gasteiger partial charge is 1.00 e. The van der Waals surface area contributed by atoms with Crippen molar-refractivity contribution in [3.05, 3.63) is 0 Å². The molecule has 0 unspecified atom stereocenters. The third kappa shape index (κ3) is 377. The maximum atomic E-state index is 8.55. The summed E-state index contributed by atoms with van der Waals surface area (Å²) >= 11 is 3.60. The maximum absolute atomic E-state index is 8.55. The van der Waals surface area contributed by atoms with Gasteiger partial charge in [0.1, 0.15) is 0 Å². The first kappa shape index (κ1) is 29.5. The van der Waals surface area contributed by atoms with E-state index in [2.05, 4.69) is 11.8 Å². The van der Waals surface area contributed by atoms with Gasteiger partial charge in [0.05, 0.1) is 0 Å². The van der Waals surface area contributed by atoms with Gasteiger partial charge in [-0.2, -0.15) is 7.82 Å². The van der Waals surface area contributed by atoms with Gasteiger partial charge in [0, 0.05) is 0 Å². The second-order valence-corrected chi connectivity index (χ2v) is 4.35. The van der Waals surface area contributed by atoms with E-state index in [1.165, 1.54) is 0 Å². The molecule has 0 amide bonds. The molecule has 0 aromatic rings.